The molecule has 98 valence electrons. The van der Waals surface area contributed by atoms with Crippen LogP contribution >= 0.6 is 0 Å². The second-order valence-corrected chi connectivity index (χ2v) is 6.01. The molecule has 2 rings (SSSR count). The average molecular weight is 251 g/mol. The van der Waals surface area contributed by atoms with Gasteiger partial charge in [-0.25, -0.2) is 0 Å². The zero-order valence-electron chi connectivity index (χ0n) is 12.2. The number of rotatable bonds is 2. The minimum absolute atomic E-state index is 0.0817. The van der Waals surface area contributed by atoms with Gasteiger partial charge in [0.25, 0.3) is 0 Å². The van der Waals surface area contributed by atoms with E-state index in [1.165, 1.54) is 16.7 Å². The summed E-state index contributed by atoms with van der Waals surface area (Å²) in [6.45, 7) is 12.8. The molecule has 0 bridgehead atoms. The Morgan fingerprint density at radius 1 is 1.11 bits per heavy atom. The lowest BCUT2D eigenvalue weighted by molar-refractivity contribution is 0.591. The first-order valence-corrected chi connectivity index (χ1v) is 6.61. The number of aromatic nitrogens is 1. The molecule has 0 aliphatic carbocycles. The molecule has 1 heteroatoms. The van der Waals surface area contributed by atoms with Crippen molar-refractivity contribution in [2.45, 2.75) is 33.1 Å². The van der Waals surface area contributed by atoms with Gasteiger partial charge in [0.1, 0.15) is 0 Å². The van der Waals surface area contributed by atoms with Crippen LogP contribution in [0.4, 0.5) is 0 Å². The Hall–Kier alpha value is -1.89. The molecule has 0 spiro atoms. The second kappa shape index (κ2) is 5.00. The number of hydrogen-bond donors (Lipinski definition) is 0. The van der Waals surface area contributed by atoms with E-state index in [-0.39, 0.29) is 5.41 Å². The van der Waals surface area contributed by atoms with Crippen molar-refractivity contribution in [1.29, 1.82) is 0 Å². The molecule has 1 aromatic heterocycles. The lowest BCUT2D eigenvalue weighted by atomic mass is 9.81. The van der Waals surface area contributed by atoms with E-state index in [1.54, 1.807) is 0 Å². The van der Waals surface area contributed by atoms with E-state index >= 15 is 0 Å². The van der Waals surface area contributed by atoms with Crippen molar-refractivity contribution in [3.05, 3.63) is 60.3 Å². The zero-order valence-corrected chi connectivity index (χ0v) is 12.2. The molecule has 0 aliphatic rings. The highest BCUT2D eigenvalue weighted by atomic mass is 14.7. The van der Waals surface area contributed by atoms with Crippen molar-refractivity contribution in [3.63, 3.8) is 0 Å². The zero-order chi connectivity index (χ0) is 14.0. The van der Waals surface area contributed by atoms with E-state index in [9.17, 15) is 0 Å². The molecule has 0 saturated carbocycles. The van der Waals surface area contributed by atoms with Gasteiger partial charge in [0.05, 0.1) is 5.69 Å². The maximum Gasteiger partial charge on any atom is 0.0704 e. The molecule has 0 amide bonds. The molecule has 19 heavy (non-hydrogen) atoms. The molecule has 0 fully saturated rings. The summed E-state index contributed by atoms with van der Waals surface area (Å²) in [5.41, 5.74) is 5.92. The van der Waals surface area contributed by atoms with Crippen molar-refractivity contribution in [1.82, 2.24) is 4.98 Å². The van der Waals surface area contributed by atoms with Crippen LogP contribution in [0.2, 0.25) is 0 Å². The molecule has 1 aromatic carbocycles. The van der Waals surface area contributed by atoms with Crippen LogP contribution in [0.5, 0.6) is 0 Å². The Balaban J connectivity index is 2.65. The second-order valence-electron chi connectivity index (χ2n) is 6.01. The minimum atomic E-state index is 0.0817. The molecule has 1 nitrogen and oxygen atoms in total. The highest BCUT2D eigenvalue weighted by Gasteiger charge is 2.19. The summed E-state index contributed by atoms with van der Waals surface area (Å²) in [6, 6.07) is 12.6. The van der Waals surface area contributed by atoms with Gasteiger partial charge in [-0.3, -0.25) is 4.98 Å². The first-order chi connectivity index (χ1) is 8.89. The maximum atomic E-state index is 4.48. The van der Waals surface area contributed by atoms with Crippen LogP contribution in [0.3, 0.4) is 0 Å². The van der Waals surface area contributed by atoms with Crippen LogP contribution < -0.4 is 0 Å². The molecule has 0 aliphatic heterocycles. The summed E-state index contributed by atoms with van der Waals surface area (Å²) in [5.74, 6) is 0. The third kappa shape index (κ3) is 2.93. The van der Waals surface area contributed by atoms with Gasteiger partial charge >= 0.3 is 0 Å². The summed E-state index contributed by atoms with van der Waals surface area (Å²) < 4.78 is 0. The molecular formula is C18H21N. The molecular weight excluding hydrogens is 230 g/mol. The Morgan fingerprint density at radius 2 is 1.84 bits per heavy atom. The maximum absolute atomic E-state index is 4.48. The highest BCUT2D eigenvalue weighted by molar-refractivity contribution is 5.71. The van der Waals surface area contributed by atoms with Gasteiger partial charge in [0.2, 0.25) is 0 Å². The normalized spacial score (nSPS) is 11.4. The topological polar surface area (TPSA) is 12.9 Å². The van der Waals surface area contributed by atoms with Crippen molar-refractivity contribution >= 4 is 5.57 Å². The molecule has 1 heterocycles. The summed E-state index contributed by atoms with van der Waals surface area (Å²) in [6.07, 6.45) is 1.84. The van der Waals surface area contributed by atoms with Gasteiger partial charge in [-0.1, -0.05) is 57.2 Å². The molecule has 0 radical (unpaired) electrons. The fourth-order valence-corrected chi connectivity index (χ4v) is 2.18. The summed E-state index contributed by atoms with van der Waals surface area (Å²) >= 11 is 0. The van der Waals surface area contributed by atoms with E-state index < -0.39 is 0 Å². The molecule has 0 atom stereocenters. The summed E-state index contributed by atoms with van der Waals surface area (Å²) in [5, 5.41) is 0. The van der Waals surface area contributed by atoms with Gasteiger partial charge in [0.15, 0.2) is 0 Å². The Morgan fingerprint density at radius 3 is 2.37 bits per heavy atom. The fraction of sp³-hybridized carbons (Fsp3) is 0.278. The number of allylic oxidation sites excluding steroid dienone is 1. The largest absolute Gasteiger partial charge is 0.256 e. The number of pyridine rings is 1. The average Bonchev–Trinajstić information content (AvgIpc) is 2.38. The van der Waals surface area contributed by atoms with Gasteiger partial charge in [0, 0.05) is 11.8 Å². The van der Waals surface area contributed by atoms with Crippen LogP contribution in [-0.2, 0) is 5.41 Å². The predicted octanol–water partition coefficient (Wildman–Crippen LogP) is 5.08. The third-order valence-corrected chi connectivity index (χ3v) is 3.26. The molecule has 0 saturated heterocycles. The SMILES string of the molecule is C=C(C)c1ccc(-c2ccccn2)c(C(C)(C)C)c1. The van der Waals surface area contributed by atoms with E-state index in [0.717, 1.165) is 11.3 Å². The number of benzene rings is 1. The lowest BCUT2D eigenvalue weighted by Gasteiger charge is -2.24. The van der Waals surface area contributed by atoms with Crippen LogP contribution in [0.25, 0.3) is 16.8 Å². The summed E-state index contributed by atoms with van der Waals surface area (Å²) in [4.78, 5) is 4.48. The van der Waals surface area contributed by atoms with Crippen LogP contribution in [0, 0.1) is 0 Å². The molecule has 0 N–H and O–H groups in total. The third-order valence-electron chi connectivity index (χ3n) is 3.26. The quantitative estimate of drug-likeness (QED) is 0.725. The standard InChI is InChI=1S/C18H21N/c1-13(2)14-9-10-15(16(12-14)18(3,4)5)17-8-6-7-11-19-17/h6-12H,1H2,2-5H3. The van der Waals surface area contributed by atoms with Crippen molar-refractivity contribution < 1.29 is 0 Å². The van der Waals surface area contributed by atoms with Crippen molar-refractivity contribution in [2.24, 2.45) is 0 Å². The van der Waals surface area contributed by atoms with E-state index in [0.29, 0.717) is 0 Å². The first-order valence-electron chi connectivity index (χ1n) is 6.61. The van der Waals surface area contributed by atoms with E-state index in [2.05, 4.69) is 56.6 Å². The monoisotopic (exact) mass is 251 g/mol. The Kier molecular flexibility index (Phi) is 3.57. The van der Waals surface area contributed by atoms with E-state index in [1.807, 2.05) is 25.3 Å². The summed E-state index contributed by atoms with van der Waals surface area (Å²) in [7, 11) is 0. The van der Waals surface area contributed by atoms with Crippen molar-refractivity contribution in [3.8, 4) is 11.3 Å². The Labute approximate surface area is 116 Å². The van der Waals surface area contributed by atoms with Crippen molar-refractivity contribution in [2.75, 3.05) is 0 Å². The number of nitrogens with zero attached hydrogens (tertiary/aromatic N) is 1. The van der Waals surface area contributed by atoms with Gasteiger partial charge in [-0.05, 0) is 35.6 Å². The predicted molar refractivity (Wildman–Crippen MR) is 83.1 cm³/mol. The lowest BCUT2D eigenvalue weighted by Crippen LogP contribution is -2.13. The first kappa shape index (κ1) is 13.5. The van der Waals surface area contributed by atoms with E-state index in [4.69, 9.17) is 0 Å². The molecule has 2 aromatic rings. The highest BCUT2D eigenvalue weighted by Crippen LogP contribution is 2.33. The smallest absolute Gasteiger partial charge is 0.0704 e. The van der Waals surface area contributed by atoms with Gasteiger partial charge in [-0.2, -0.15) is 0 Å². The molecule has 0 unspecified atom stereocenters. The van der Waals surface area contributed by atoms with Crippen LogP contribution in [0.15, 0.2) is 49.2 Å². The van der Waals surface area contributed by atoms with Gasteiger partial charge in [-0.15, -0.1) is 0 Å². The van der Waals surface area contributed by atoms with Crippen LogP contribution in [-0.4, -0.2) is 4.98 Å². The van der Waals surface area contributed by atoms with Crippen LogP contribution in [0.1, 0.15) is 38.8 Å². The Bertz CT molecular complexity index is 589. The minimum Gasteiger partial charge on any atom is -0.256 e. The van der Waals surface area contributed by atoms with Gasteiger partial charge < -0.3 is 0 Å². The fourth-order valence-electron chi connectivity index (χ4n) is 2.18. The number of hydrogen-bond acceptors (Lipinski definition) is 1.